The zero-order valence-electron chi connectivity index (χ0n) is 16.1. The van der Waals surface area contributed by atoms with Gasteiger partial charge in [-0.2, -0.15) is 0 Å². The number of aromatic nitrogens is 3. The lowest BCUT2D eigenvalue weighted by Gasteiger charge is -2.18. The summed E-state index contributed by atoms with van der Waals surface area (Å²) < 4.78 is 15.1. The Morgan fingerprint density at radius 1 is 1.11 bits per heavy atom. The van der Waals surface area contributed by atoms with Crippen molar-refractivity contribution in [3.63, 3.8) is 0 Å². The van der Waals surface area contributed by atoms with E-state index in [-0.39, 0.29) is 23.0 Å². The second-order valence-electron chi connectivity index (χ2n) is 6.46. The fraction of sp³-hybridized carbons (Fsp3) is 0.286. The van der Waals surface area contributed by atoms with Gasteiger partial charge in [-0.1, -0.05) is 54.2 Å². The summed E-state index contributed by atoms with van der Waals surface area (Å²) in [6.07, 6.45) is 0. The Bertz CT molecular complexity index is 927. The first-order valence-electron chi connectivity index (χ1n) is 9.20. The van der Waals surface area contributed by atoms with Crippen LogP contribution in [0, 0.1) is 5.82 Å². The van der Waals surface area contributed by atoms with Crippen molar-refractivity contribution in [1.82, 2.24) is 20.1 Å². The lowest BCUT2D eigenvalue weighted by atomic mass is 10.1. The van der Waals surface area contributed by atoms with Crippen molar-refractivity contribution in [2.45, 2.75) is 43.8 Å². The minimum absolute atomic E-state index is 0.103. The van der Waals surface area contributed by atoms with Crippen LogP contribution in [-0.4, -0.2) is 25.9 Å². The van der Waals surface area contributed by atoms with Crippen LogP contribution in [0.15, 0.2) is 59.8 Å². The Labute approximate surface area is 168 Å². The van der Waals surface area contributed by atoms with Crippen molar-refractivity contribution in [3.05, 3.63) is 66.0 Å². The van der Waals surface area contributed by atoms with Crippen molar-refractivity contribution >= 4 is 17.7 Å². The molecule has 0 saturated heterocycles. The molecule has 0 spiro atoms. The number of thioether (sulfide) groups is 1. The first kappa shape index (κ1) is 20.1. The summed E-state index contributed by atoms with van der Waals surface area (Å²) in [6, 6.07) is 15.8. The van der Waals surface area contributed by atoms with E-state index in [4.69, 9.17) is 0 Å². The number of nitrogens with zero attached hydrogens (tertiary/aromatic N) is 3. The number of halogens is 1. The molecule has 3 rings (SSSR count). The topological polar surface area (TPSA) is 59.8 Å². The van der Waals surface area contributed by atoms with Crippen molar-refractivity contribution in [2.24, 2.45) is 0 Å². The van der Waals surface area contributed by atoms with Gasteiger partial charge in [-0.05, 0) is 38.5 Å². The minimum atomic E-state index is -0.346. The Hall–Kier alpha value is -2.67. The van der Waals surface area contributed by atoms with E-state index in [2.05, 4.69) is 15.5 Å². The van der Waals surface area contributed by atoms with Crippen LogP contribution in [0.1, 0.15) is 32.4 Å². The predicted molar refractivity (Wildman–Crippen MR) is 109 cm³/mol. The van der Waals surface area contributed by atoms with Gasteiger partial charge in [0, 0.05) is 12.1 Å². The van der Waals surface area contributed by atoms with Gasteiger partial charge in [0.25, 0.3) is 0 Å². The molecule has 1 N–H and O–H groups in total. The molecule has 0 fully saturated rings. The third-order valence-corrected chi connectivity index (χ3v) is 5.53. The van der Waals surface area contributed by atoms with Gasteiger partial charge in [0.15, 0.2) is 11.0 Å². The third kappa shape index (κ3) is 4.59. The van der Waals surface area contributed by atoms with Crippen LogP contribution in [0.25, 0.3) is 11.4 Å². The van der Waals surface area contributed by atoms with E-state index in [0.717, 1.165) is 17.0 Å². The molecule has 0 aliphatic carbocycles. The summed E-state index contributed by atoms with van der Waals surface area (Å²) in [6.45, 7) is 6.46. The van der Waals surface area contributed by atoms with E-state index in [1.165, 1.54) is 23.9 Å². The highest BCUT2D eigenvalue weighted by Crippen LogP contribution is 2.27. The number of carbonyl (C=O) groups is 1. The molecule has 1 aromatic heterocycles. The second kappa shape index (κ2) is 9.01. The van der Waals surface area contributed by atoms with Crippen LogP contribution >= 0.6 is 11.8 Å². The molecule has 3 aromatic rings. The number of carbonyl (C=O) groups excluding carboxylic acids is 1. The largest absolute Gasteiger partial charge is 0.349 e. The van der Waals surface area contributed by atoms with Gasteiger partial charge in [0.05, 0.1) is 11.3 Å². The third-order valence-electron chi connectivity index (χ3n) is 4.45. The number of hydrogen-bond donors (Lipinski definition) is 1. The smallest absolute Gasteiger partial charge is 0.233 e. The molecule has 1 heterocycles. The Balaban J connectivity index is 1.68. The molecular formula is C21H23FN4OS. The van der Waals surface area contributed by atoms with Gasteiger partial charge < -0.3 is 9.88 Å². The van der Waals surface area contributed by atoms with E-state index in [1.807, 2.05) is 55.7 Å². The van der Waals surface area contributed by atoms with E-state index in [0.29, 0.717) is 11.7 Å². The number of hydrogen-bond acceptors (Lipinski definition) is 4. The molecular weight excluding hydrogens is 375 g/mol. The molecule has 0 unspecified atom stereocenters. The highest BCUT2D eigenvalue weighted by Gasteiger charge is 2.21. The lowest BCUT2D eigenvalue weighted by molar-refractivity contribution is -0.120. The molecule has 146 valence electrons. The zero-order chi connectivity index (χ0) is 20.1. The van der Waals surface area contributed by atoms with Gasteiger partial charge in [0.2, 0.25) is 5.91 Å². The summed E-state index contributed by atoms with van der Waals surface area (Å²) in [4.78, 5) is 12.6. The summed E-state index contributed by atoms with van der Waals surface area (Å²) in [5, 5.41) is 11.9. The van der Waals surface area contributed by atoms with Crippen LogP contribution in [0.2, 0.25) is 0 Å². The first-order valence-corrected chi connectivity index (χ1v) is 10.1. The zero-order valence-corrected chi connectivity index (χ0v) is 16.9. The van der Waals surface area contributed by atoms with Crippen LogP contribution < -0.4 is 5.32 Å². The molecule has 5 nitrogen and oxygen atoms in total. The number of rotatable bonds is 7. The van der Waals surface area contributed by atoms with Gasteiger partial charge in [0.1, 0.15) is 5.82 Å². The second-order valence-corrected chi connectivity index (χ2v) is 7.77. The number of nitrogens with one attached hydrogen (secondary N) is 1. The van der Waals surface area contributed by atoms with Crippen LogP contribution in [0.4, 0.5) is 4.39 Å². The van der Waals surface area contributed by atoms with Crippen molar-refractivity contribution < 1.29 is 9.18 Å². The molecule has 28 heavy (non-hydrogen) atoms. The number of amides is 1. The average Bonchev–Trinajstić information content (AvgIpc) is 3.11. The fourth-order valence-electron chi connectivity index (χ4n) is 2.84. The van der Waals surface area contributed by atoms with E-state index in [1.54, 1.807) is 12.1 Å². The Morgan fingerprint density at radius 2 is 1.79 bits per heavy atom. The molecule has 2 aromatic carbocycles. The average molecular weight is 399 g/mol. The Morgan fingerprint density at radius 3 is 2.43 bits per heavy atom. The molecule has 0 bridgehead atoms. The van der Waals surface area contributed by atoms with Crippen molar-refractivity contribution in [3.8, 4) is 11.4 Å². The summed E-state index contributed by atoms with van der Waals surface area (Å²) in [5.74, 6) is 0.394. The monoisotopic (exact) mass is 398 g/mol. The maximum atomic E-state index is 13.1. The fourth-order valence-corrected chi connectivity index (χ4v) is 3.76. The molecule has 2 atom stereocenters. The maximum absolute atomic E-state index is 13.1. The maximum Gasteiger partial charge on any atom is 0.233 e. The highest BCUT2D eigenvalue weighted by atomic mass is 32.2. The van der Waals surface area contributed by atoms with Crippen LogP contribution in [0.5, 0.6) is 0 Å². The quantitative estimate of drug-likeness (QED) is 0.597. The van der Waals surface area contributed by atoms with Crippen molar-refractivity contribution in [2.75, 3.05) is 0 Å². The molecule has 0 radical (unpaired) electrons. The van der Waals surface area contributed by atoms with Crippen molar-refractivity contribution in [1.29, 1.82) is 0 Å². The van der Waals surface area contributed by atoms with Gasteiger partial charge in [-0.25, -0.2) is 4.39 Å². The Kier molecular flexibility index (Phi) is 6.46. The van der Waals surface area contributed by atoms with Crippen LogP contribution in [-0.2, 0) is 11.3 Å². The van der Waals surface area contributed by atoms with E-state index < -0.39 is 0 Å². The van der Waals surface area contributed by atoms with Gasteiger partial charge in [-0.15, -0.1) is 10.2 Å². The summed E-state index contributed by atoms with van der Waals surface area (Å²) >= 11 is 1.38. The van der Waals surface area contributed by atoms with Gasteiger partial charge in [-0.3, -0.25) is 4.79 Å². The minimum Gasteiger partial charge on any atom is -0.349 e. The van der Waals surface area contributed by atoms with Crippen LogP contribution in [0.3, 0.4) is 0 Å². The molecule has 0 aliphatic rings. The normalized spacial score (nSPS) is 13.1. The molecule has 0 aliphatic heterocycles. The SMILES string of the molecule is CCn1c(S[C@@H](C)C(=O)N[C@H](C)c2ccc(F)cc2)nnc1-c1ccccc1. The van der Waals surface area contributed by atoms with E-state index in [9.17, 15) is 9.18 Å². The van der Waals surface area contributed by atoms with Gasteiger partial charge >= 0.3 is 0 Å². The lowest BCUT2D eigenvalue weighted by Crippen LogP contribution is -2.33. The molecule has 0 saturated carbocycles. The summed E-state index contributed by atoms with van der Waals surface area (Å²) in [5.41, 5.74) is 1.85. The highest BCUT2D eigenvalue weighted by molar-refractivity contribution is 8.00. The molecule has 7 heteroatoms. The standard InChI is InChI=1S/C21H23FN4OS/c1-4-26-19(17-8-6-5-7-9-17)24-25-21(26)28-15(3)20(27)23-14(2)16-10-12-18(22)13-11-16/h5-15H,4H2,1-3H3,(H,23,27)/t14-,15+/m1/s1. The summed E-state index contributed by atoms with van der Waals surface area (Å²) in [7, 11) is 0. The first-order chi connectivity index (χ1) is 13.5. The number of benzene rings is 2. The predicted octanol–water partition coefficient (Wildman–Crippen LogP) is 4.46. The van der Waals surface area contributed by atoms with E-state index >= 15 is 0 Å². The molecule has 1 amide bonds.